The lowest BCUT2D eigenvalue weighted by atomic mass is 10.2. The van der Waals surface area contributed by atoms with Crippen LogP contribution in [-0.4, -0.2) is 60.9 Å². The summed E-state index contributed by atoms with van der Waals surface area (Å²) in [5.74, 6) is 0.871. The minimum absolute atomic E-state index is 0.122. The molecule has 0 bridgehead atoms. The second-order valence-corrected chi connectivity index (χ2v) is 10.5. The van der Waals surface area contributed by atoms with Crippen molar-refractivity contribution in [2.45, 2.75) is 24.7 Å². The number of morpholine rings is 1. The molecule has 0 unspecified atom stereocenters. The van der Waals surface area contributed by atoms with Crippen molar-refractivity contribution in [1.29, 1.82) is 0 Å². The number of nitrogens with zero attached hydrogens (tertiary/aromatic N) is 3. The SMILES string of the molecule is Cc1ccc(SCCC(=O)N(CCCN2CCOCC2)c2nc3ccc(Cl)cc3s2)cc1. The van der Waals surface area contributed by atoms with Gasteiger partial charge in [0.15, 0.2) is 5.13 Å². The van der Waals surface area contributed by atoms with E-state index in [1.54, 1.807) is 11.8 Å². The molecule has 2 aromatic carbocycles. The molecular weight excluding hydrogens is 462 g/mol. The number of halogens is 1. The van der Waals surface area contributed by atoms with Crippen LogP contribution in [0.1, 0.15) is 18.4 Å². The van der Waals surface area contributed by atoms with Crippen molar-refractivity contribution in [2.75, 3.05) is 50.0 Å². The molecule has 32 heavy (non-hydrogen) atoms. The van der Waals surface area contributed by atoms with Crippen molar-refractivity contribution in [3.8, 4) is 0 Å². The molecule has 8 heteroatoms. The molecule has 0 radical (unpaired) electrons. The van der Waals surface area contributed by atoms with Crippen LogP contribution in [0.4, 0.5) is 5.13 Å². The molecule has 1 saturated heterocycles. The van der Waals surface area contributed by atoms with Gasteiger partial charge in [-0.2, -0.15) is 0 Å². The third-order valence-corrected chi connectivity index (χ3v) is 7.73. The highest BCUT2D eigenvalue weighted by Gasteiger charge is 2.20. The van der Waals surface area contributed by atoms with Gasteiger partial charge in [-0.25, -0.2) is 4.98 Å². The quantitative estimate of drug-likeness (QED) is 0.371. The van der Waals surface area contributed by atoms with Crippen LogP contribution in [0.2, 0.25) is 5.02 Å². The summed E-state index contributed by atoms with van der Waals surface area (Å²) in [4.78, 5) is 23.4. The van der Waals surface area contributed by atoms with Gasteiger partial charge in [-0.05, 0) is 43.7 Å². The standard InChI is InChI=1S/C24H28ClN3O2S2/c1-18-3-6-20(7-4-18)31-16-9-23(29)28(11-2-10-27-12-14-30-15-13-27)24-26-21-8-5-19(25)17-22(21)32-24/h3-8,17H,2,9-16H2,1H3. The average molecular weight is 490 g/mol. The summed E-state index contributed by atoms with van der Waals surface area (Å²) in [7, 11) is 0. The second kappa shape index (κ2) is 11.5. The molecule has 170 valence electrons. The van der Waals surface area contributed by atoms with Crippen LogP contribution in [0.5, 0.6) is 0 Å². The minimum atomic E-state index is 0.122. The number of thioether (sulfide) groups is 1. The summed E-state index contributed by atoms with van der Waals surface area (Å²) < 4.78 is 6.44. The number of thiazole rings is 1. The van der Waals surface area contributed by atoms with Crippen LogP contribution >= 0.6 is 34.7 Å². The number of ether oxygens (including phenoxy) is 1. The molecule has 4 rings (SSSR count). The Hall–Kier alpha value is -1.64. The normalized spacial score (nSPS) is 14.7. The number of aromatic nitrogens is 1. The summed E-state index contributed by atoms with van der Waals surface area (Å²) in [6.45, 7) is 7.20. The predicted octanol–water partition coefficient (Wildman–Crippen LogP) is 5.50. The van der Waals surface area contributed by atoms with Gasteiger partial charge < -0.3 is 4.74 Å². The molecule has 0 atom stereocenters. The molecule has 1 aliphatic heterocycles. The van der Waals surface area contributed by atoms with E-state index in [9.17, 15) is 4.79 Å². The summed E-state index contributed by atoms with van der Waals surface area (Å²) >= 11 is 9.41. The Balaban J connectivity index is 1.41. The van der Waals surface area contributed by atoms with Crippen LogP contribution in [0.25, 0.3) is 10.2 Å². The maximum atomic E-state index is 13.2. The Morgan fingerprint density at radius 3 is 2.78 bits per heavy atom. The number of hydrogen-bond donors (Lipinski definition) is 0. The lowest BCUT2D eigenvalue weighted by Gasteiger charge is -2.27. The first-order valence-electron chi connectivity index (χ1n) is 10.9. The fourth-order valence-corrected chi connectivity index (χ4v) is 5.76. The zero-order chi connectivity index (χ0) is 22.3. The predicted molar refractivity (Wildman–Crippen MR) is 135 cm³/mol. The number of benzene rings is 2. The molecule has 0 saturated carbocycles. The first kappa shape index (κ1) is 23.5. The third kappa shape index (κ3) is 6.45. The Bertz CT molecular complexity index is 1040. The molecule has 3 aromatic rings. The fraction of sp³-hybridized carbons (Fsp3) is 0.417. The molecule has 1 amide bonds. The number of rotatable bonds is 9. The molecule has 0 spiro atoms. The van der Waals surface area contributed by atoms with E-state index >= 15 is 0 Å². The van der Waals surface area contributed by atoms with Crippen molar-refractivity contribution in [3.63, 3.8) is 0 Å². The Kier molecular flexibility index (Phi) is 8.43. The molecule has 0 aliphatic carbocycles. The number of fused-ring (bicyclic) bond motifs is 1. The highest BCUT2D eigenvalue weighted by molar-refractivity contribution is 7.99. The monoisotopic (exact) mass is 489 g/mol. The molecule has 0 N–H and O–H groups in total. The summed E-state index contributed by atoms with van der Waals surface area (Å²) in [5, 5.41) is 1.45. The van der Waals surface area contributed by atoms with Gasteiger partial charge in [0.25, 0.3) is 0 Å². The number of aryl methyl sites for hydroxylation is 1. The summed E-state index contributed by atoms with van der Waals surface area (Å²) in [6.07, 6.45) is 1.39. The van der Waals surface area contributed by atoms with Gasteiger partial charge in [-0.3, -0.25) is 14.6 Å². The maximum absolute atomic E-state index is 13.2. The molecule has 1 aliphatic rings. The highest BCUT2D eigenvalue weighted by Crippen LogP contribution is 2.31. The van der Waals surface area contributed by atoms with E-state index in [1.807, 2.05) is 23.1 Å². The van der Waals surface area contributed by atoms with E-state index in [0.717, 1.165) is 60.4 Å². The number of carbonyl (C=O) groups excluding carboxylic acids is 1. The zero-order valence-corrected chi connectivity index (χ0v) is 20.6. The largest absolute Gasteiger partial charge is 0.379 e. The van der Waals surface area contributed by atoms with Crippen LogP contribution < -0.4 is 4.90 Å². The second-order valence-electron chi connectivity index (χ2n) is 7.87. The zero-order valence-electron chi connectivity index (χ0n) is 18.3. The molecule has 1 aromatic heterocycles. The van der Waals surface area contributed by atoms with Gasteiger partial charge in [0, 0.05) is 48.3 Å². The van der Waals surface area contributed by atoms with Crippen molar-refractivity contribution in [2.24, 2.45) is 0 Å². The van der Waals surface area contributed by atoms with Gasteiger partial charge in [-0.1, -0.05) is 40.6 Å². The van der Waals surface area contributed by atoms with E-state index in [1.165, 1.54) is 21.8 Å². The Labute approximate surface area is 202 Å². The summed E-state index contributed by atoms with van der Waals surface area (Å²) in [6, 6.07) is 14.1. The van der Waals surface area contributed by atoms with E-state index in [2.05, 4.69) is 36.1 Å². The molecular formula is C24H28ClN3O2S2. The number of amides is 1. The lowest BCUT2D eigenvalue weighted by molar-refractivity contribution is -0.118. The highest BCUT2D eigenvalue weighted by atomic mass is 35.5. The van der Waals surface area contributed by atoms with E-state index in [-0.39, 0.29) is 5.91 Å². The first-order valence-corrected chi connectivity index (χ1v) is 13.1. The van der Waals surface area contributed by atoms with Crippen molar-refractivity contribution < 1.29 is 9.53 Å². The minimum Gasteiger partial charge on any atom is -0.379 e. The first-order chi connectivity index (χ1) is 15.6. The van der Waals surface area contributed by atoms with Crippen LogP contribution in [-0.2, 0) is 9.53 Å². The van der Waals surface area contributed by atoms with Gasteiger partial charge in [0.05, 0.1) is 23.4 Å². The molecule has 5 nitrogen and oxygen atoms in total. The average Bonchev–Trinajstić information content (AvgIpc) is 3.21. The smallest absolute Gasteiger partial charge is 0.229 e. The van der Waals surface area contributed by atoms with Gasteiger partial charge in [0.1, 0.15) is 0 Å². The Morgan fingerprint density at radius 1 is 1.22 bits per heavy atom. The summed E-state index contributed by atoms with van der Waals surface area (Å²) in [5.41, 5.74) is 2.13. The van der Waals surface area contributed by atoms with Gasteiger partial charge in [-0.15, -0.1) is 11.8 Å². The molecule has 2 heterocycles. The van der Waals surface area contributed by atoms with Crippen molar-refractivity contribution in [1.82, 2.24) is 9.88 Å². The van der Waals surface area contributed by atoms with Gasteiger partial charge in [0.2, 0.25) is 5.91 Å². The maximum Gasteiger partial charge on any atom is 0.229 e. The molecule has 1 fully saturated rings. The van der Waals surface area contributed by atoms with Crippen LogP contribution in [0.3, 0.4) is 0 Å². The van der Waals surface area contributed by atoms with Crippen molar-refractivity contribution in [3.05, 3.63) is 53.1 Å². The van der Waals surface area contributed by atoms with E-state index in [4.69, 9.17) is 21.3 Å². The lowest BCUT2D eigenvalue weighted by Crippen LogP contribution is -2.39. The number of anilines is 1. The fourth-order valence-electron chi connectivity index (χ4n) is 3.63. The van der Waals surface area contributed by atoms with Crippen LogP contribution in [0, 0.1) is 6.92 Å². The number of hydrogen-bond acceptors (Lipinski definition) is 6. The van der Waals surface area contributed by atoms with Crippen molar-refractivity contribution >= 4 is 56.0 Å². The number of carbonyl (C=O) groups is 1. The van der Waals surface area contributed by atoms with E-state index < -0.39 is 0 Å². The third-order valence-electron chi connectivity index (χ3n) is 5.44. The topological polar surface area (TPSA) is 45.7 Å². The van der Waals surface area contributed by atoms with E-state index in [0.29, 0.717) is 18.0 Å². The van der Waals surface area contributed by atoms with Gasteiger partial charge >= 0.3 is 0 Å². The van der Waals surface area contributed by atoms with Crippen LogP contribution in [0.15, 0.2) is 47.4 Å². The Morgan fingerprint density at radius 2 is 2.00 bits per heavy atom.